The first-order chi connectivity index (χ1) is 19.2. The lowest BCUT2D eigenvalue weighted by molar-refractivity contribution is -0.143. The van der Waals surface area contributed by atoms with Gasteiger partial charge in [-0.2, -0.15) is 0 Å². The molecule has 4 atom stereocenters. The van der Waals surface area contributed by atoms with Crippen molar-refractivity contribution in [1.29, 1.82) is 0 Å². The molecule has 0 aliphatic rings. The molecule has 0 heterocycles. The fraction of sp³-hybridized carbons (Fsp3) is 0.500. The van der Waals surface area contributed by atoms with Gasteiger partial charge in [-0.25, -0.2) is 13.2 Å². The molecule has 11 heteroatoms. The average Bonchev–Trinajstić information content (AvgIpc) is 2.89. The van der Waals surface area contributed by atoms with Crippen LogP contribution in [-0.2, 0) is 25.2 Å². The summed E-state index contributed by atoms with van der Waals surface area (Å²) in [6, 6.07) is 13.6. The number of carboxylic acids is 1. The van der Waals surface area contributed by atoms with E-state index in [1.165, 1.54) is 0 Å². The molecular weight excluding hydrogens is 546 g/mol. The number of anilines is 1. The highest BCUT2D eigenvalue weighted by Crippen LogP contribution is 2.18. The minimum Gasteiger partial charge on any atom is -0.480 e. The first-order valence-corrected chi connectivity index (χ1v) is 15.6. The van der Waals surface area contributed by atoms with E-state index in [-0.39, 0.29) is 35.4 Å². The number of rotatable bonds is 16. The van der Waals surface area contributed by atoms with Crippen molar-refractivity contribution in [2.75, 3.05) is 11.2 Å². The Kier molecular flexibility index (Phi) is 12.8. The molecule has 0 fully saturated rings. The van der Waals surface area contributed by atoms with Crippen molar-refractivity contribution < 1.29 is 33.0 Å². The monoisotopic (exact) mass is 589 g/mol. The van der Waals surface area contributed by atoms with E-state index >= 15 is 0 Å². The van der Waals surface area contributed by atoms with Gasteiger partial charge >= 0.3 is 5.97 Å². The Morgan fingerprint density at radius 2 is 1.54 bits per heavy atom. The summed E-state index contributed by atoms with van der Waals surface area (Å²) in [4.78, 5) is 37.2. The number of aliphatic hydroxyl groups excluding tert-OH is 1. The highest BCUT2D eigenvalue weighted by Gasteiger charge is 2.30. The van der Waals surface area contributed by atoms with Gasteiger partial charge in [-0.1, -0.05) is 71.0 Å². The van der Waals surface area contributed by atoms with E-state index < -0.39 is 51.7 Å². The van der Waals surface area contributed by atoms with Gasteiger partial charge in [0.2, 0.25) is 5.91 Å². The summed E-state index contributed by atoms with van der Waals surface area (Å²) in [5.41, 5.74) is 1.42. The Hall–Kier alpha value is -3.44. The highest BCUT2D eigenvalue weighted by molar-refractivity contribution is 7.90. The van der Waals surface area contributed by atoms with Crippen molar-refractivity contribution >= 4 is 33.3 Å². The zero-order valence-corrected chi connectivity index (χ0v) is 25.1. The van der Waals surface area contributed by atoms with Crippen LogP contribution in [0, 0.1) is 17.8 Å². The number of amides is 2. The fourth-order valence-electron chi connectivity index (χ4n) is 4.36. The van der Waals surface area contributed by atoms with Crippen LogP contribution >= 0.6 is 0 Å². The number of aliphatic carboxylic acids is 1. The lowest BCUT2D eigenvalue weighted by Gasteiger charge is -2.28. The number of aliphatic hydroxyl groups is 1. The third-order valence-corrected chi connectivity index (χ3v) is 7.99. The largest absolute Gasteiger partial charge is 0.480 e. The Labute approximate surface area is 242 Å². The van der Waals surface area contributed by atoms with Crippen LogP contribution in [0.25, 0.3) is 0 Å². The van der Waals surface area contributed by atoms with Gasteiger partial charge in [-0.3, -0.25) is 9.59 Å². The summed E-state index contributed by atoms with van der Waals surface area (Å²) in [7, 11) is -3.46. The van der Waals surface area contributed by atoms with E-state index in [9.17, 15) is 33.0 Å². The number of sulfone groups is 1. The molecular formula is C30H43N3O7S. The van der Waals surface area contributed by atoms with Crippen molar-refractivity contribution in [2.24, 2.45) is 17.8 Å². The summed E-state index contributed by atoms with van der Waals surface area (Å²) in [5.74, 6) is -3.36. The molecule has 226 valence electrons. The predicted molar refractivity (Wildman–Crippen MR) is 159 cm³/mol. The van der Waals surface area contributed by atoms with Gasteiger partial charge in [0.1, 0.15) is 11.9 Å². The summed E-state index contributed by atoms with van der Waals surface area (Å²) >= 11 is 0. The van der Waals surface area contributed by atoms with Crippen molar-refractivity contribution in [3.63, 3.8) is 0 Å². The smallest absolute Gasteiger partial charge is 0.326 e. The lowest BCUT2D eigenvalue weighted by atomic mass is 9.92. The molecule has 0 unspecified atom stereocenters. The Bertz CT molecular complexity index is 1270. The third-order valence-electron chi connectivity index (χ3n) is 6.63. The summed E-state index contributed by atoms with van der Waals surface area (Å²) in [5, 5.41) is 28.6. The molecule has 10 nitrogen and oxygen atoms in total. The fourth-order valence-corrected chi connectivity index (χ4v) is 5.55. The molecule has 2 aromatic rings. The zero-order valence-electron chi connectivity index (χ0n) is 24.3. The molecule has 0 saturated heterocycles. The zero-order chi connectivity index (χ0) is 30.7. The van der Waals surface area contributed by atoms with Crippen LogP contribution in [-0.4, -0.2) is 60.5 Å². The van der Waals surface area contributed by atoms with Crippen LogP contribution in [0.2, 0.25) is 0 Å². The molecule has 5 N–H and O–H groups in total. The number of nitrogens with one attached hydrogen (secondary N) is 3. The predicted octanol–water partition coefficient (Wildman–Crippen LogP) is 3.43. The molecule has 0 aliphatic heterocycles. The van der Waals surface area contributed by atoms with E-state index in [1.807, 2.05) is 19.9 Å². The summed E-state index contributed by atoms with van der Waals surface area (Å²) < 4.78 is 25.1. The number of carbonyl (C=O) groups is 3. The van der Waals surface area contributed by atoms with Crippen LogP contribution in [0.1, 0.15) is 63.4 Å². The Balaban J connectivity index is 2.04. The molecule has 2 aromatic carbocycles. The van der Waals surface area contributed by atoms with Crippen LogP contribution in [0.5, 0.6) is 0 Å². The van der Waals surface area contributed by atoms with Crippen LogP contribution in [0.3, 0.4) is 0 Å². The second-order valence-electron chi connectivity index (χ2n) is 11.3. The second-order valence-corrected chi connectivity index (χ2v) is 13.3. The molecule has 2 rings (SSSR count). The number of benzene rings is 2. The average molecular weight is 590 g/mol. The summed E-state index contributed by atoms with van der Waals surface area (Å²) in [6.07, 6.45) is -0.594. The van der Waals surface area contributed by atoms with E-state index in [0.29, 0.717) is 17.7 Å². The topological polar surface area (TPSA) is 162 Å². The van der Waals surface area contributed by atoms with Crippen molar-refractivity contribution in [3.05, 3.63) is 65.7 Å². The van der Waals surface area contributed by atoms with Gasteiger partial charge in [-0.15, -0.1) is 0 Å². The number of carboxylic acid groups (broad SMARTS) is 1. The molecule has 0 aromatic heterocycles. The molecule has 0 saturated carbocycles. The van der Waals surface area contributed by atoms with E-state index in [2.05, 4.69) is 16.0 Å². The highest BCUT2D eigenvalue weighted by atomic mass is 32.2. The Morgan fingerprint density at radius 3 is 2.12 bits per heavy atom. The van der Waals surface area contributed by atoms with Crippen molar-refractivity contribution in [3.8, 4) is 0 Å². The minimum absolute atomic E-state index is 0.0226. The normalized spacial score (nSPS) is 14.6. The molecule has 0 spiro atoms. The van der Waals surface area contributed by atoms with Gasteiger partial charge < -0.3 is 26.2 Å². The molecule has 41 heavy (non-hydrogen) atoms. The maximum atomic E-state index is 13.1. The Morgan fingerprint density at radius 1 is 0.878 bits per heavy atom. The second kappa shape index (κ2) is 15.5. The summed E-state index contributed by atoms with van der Waals surface area (Å²) in [6.45, 7) is 8.89. The standard InChI is InChI=1S/C30H43N3O7S/c1-19(2)14-25(26(34)15-21(5)28(35)33-27(20(3)4)30(37)38)32-29(36)23-12-9-13-24(16-23)31-18-41(39,40)17-22-10-7-6-8-11-22/h6-13,16,19-21,25-27,31,34H,14-15,17-18H2,1-5H3,(H,32,36)(H,33,35)(H,37,38)/t21-,25+,26+,27+/m1/s1. The van der Waals surface area contributed by atoms with Crippen molar-refractivity contribution in [1.82, 2.24) is 10.6 Å². The van der Waals surface area contributed by atoms with Crippen LogP contribution in [0.15, 0.2) is 54.6 Å². The lowest BCUT2D eigenvalue weighted by Crippen LogP contribution is -2.48. The minimum atomic E-state index is -3.46. The van der Waals surface area contributed by atoms with E-state index in [0.717, 1.165) is 0 Å². The number of hydrogen-bond donors (Lipinski definition) is 5. The van der Waals surface area contributed by atoms with Gasteiger partial charge in [0, 0.05) is 17.2 Å². The molecule has 0 bridgehead atoms. The quantitative estimate of drug-likeness (QED) is 0.199. The van der Waals surface area contributed by atoms with E-state index in [4.69, 9.17) is 0 Å². The maximum absolute atomic E-state index is 13.1. The van der Waals surface area contributed by atoms with Crippen molar-refractivity contribution in [2.45, 2.75) is 71.4 Å². The van der Waals surface area contributed by atoms with Gasteiger partial charge in [-0.05, 0) is 48.4 Å². The molecule has 0 radical (unpaired) electrons. The third kappa shape index (κ3) is 11.5. The molecule has 2 amide bonds. The van der Waals surface area contributed by atoms with Gasteiger partial charge in [0.05, 0.1) is 17.9 Å². The first-order valence-electron chi connectivity index (χ1n) is 13.8. The number of carbonyl (C=O) groups excluding carboxylic acids is 2. The number of hydrogen-bond acceptors (Lipinski definition) is 7. The van der Waals surface area contributed by atoms with Gasteiger partial charge in [0.15, 0.2) is 9.84 Å². The van der Waals surface area contributed by atoms with Gasteiger partial charge in [0.25, 0.3) is 5.91 Å². The molecule has 0 aliphatic carbocycles. The first kappa shape index (κ1) is 33.8. The maximum Gasteiger partial charge on any atom is 0.326 e. The van der Waals surface area contributed by atoms with Crippen LogP contribution in [0.4, 0.5) is 5.69 Å². The SMILES string of the molecule is CC(C)C[C@H](NC(=O)c1cccc(NCS(=O)(=O)Cc2ccccc2)c1)[C@@H](O)C[C@@H](C)C(=O)N[C@H](C(=O)O)C(C)C. The van der Waals surface area contributed by atoms with Crippen LogP contribution < -0.4 is 16.0 Å². The van der Waals surface area contributed by atoms with E-state index in [1.54, 1.807) is 69.3 Å².